The molecule has 0 aliphatic rings. The van der Waals surface area contributed by atoms with Crippen molar-refractivity contribution in [1.82, 2.24) is 0 Å². The molecule has 0 heterocycles. The molecule has 0 aliphatic heterocycles. The highest BCUT2D eigenvalue weighted by Gasteiger charge is 1.94. The van der Waals surface area contributed by atoms with E-state index in [0.717, 1.165) is 26.1 Å². The van der Waals surface area contributed by atoms with E-state index < -0.39 is 0 Å². The molecule has 0 unspecified atom stereocenters. The van der Waals surface area contributed by atoms with E-state index in [9.17, 15) is 0 Å². The lowest BCUT2D eigenvalue weighted by molar-refractivity contribution is -0.0114. The number of hydrogen-bond acceptors (Lipinski definition) is 10. The number of aliphatic hydroxyl groups excluding tert-OH is 2. The lowest BCUT2D eigenvalue weighted by Gasteiger charge is -2.08. The number of hydrogen-bond donors (Lipinski definition) is 2. The van der Waals surface area contributed by atoms with Crippen molar-refractivity contribution in [2.75, 3.05) is 119 Å². The van der Waals surface area contributed by atoms with Crippen LogP contribution in [0.2, 0.25) is 0 Å². The topological polar surface area (TPSA) is 114 Å². The van der Waals surface area contributed by atoms with Gasteiger partial charge in [-0.05, 0) is 12.8 Å². The molecule has 0 rings (SSSR count). The third kappa shape index (κ3) is 42.7. The van der Waals surface area contributed by atoms with Crippen LogP contribution in [-0.2, 0) is 37.9 Å². The molecular weight excluding hydrogens is 496 g/mol. The summed E-state index contributed by atoms with van der Waals surface area (Å²) < 4.78 is 42.4. The van der Waals surface area contributed by atoms with Crippen molar-refractivity contribution in [3.05, 3.63) is 0 Å². The average Bonchev–Trinajstić information content (AvgIpc) is 2.93. The largest absolute Gasteiger partial charge is 0.394 e. The summed E-state index contributed by atoms with van der Waals surface area (Å²) in [5.41, 5.74) is 0. The van der Waals surface area contributed by atoms with Crippen molar-refractivity contribution in [2.24, 2.45) is 0 Å². The Balaban J connectivity index is 0. The highest BCUT2D eigenvalue weighted by molar-refractivity contribution is 4.41. The minimum absolute atomic E-state index is 0.0413. The highest BCUT2D eigenvalue weighted by Crippen LogP contribution is 1.99. The van der Waals surface area contributed by atoms with Crippen molar-refractivity contribution < 1.29 is 48.1 Å². The number of unbranched alkanes of at least 4 members (excludes halogenated alkanes) is 6. The first-order valence-corrected chi connectivity index (χ1v) is 14.7. The lowest BCUT2D eigenvalue weighted by Crippen LogP contribution is -2.13. The molecule has 0 amide bonds. The molecule has 10 heteroatoms. The van der Waals surface area contributed by atoms with Gasteiger partial charge in [-0.1, -0.05) is 52.4 Å². The van der Waals surface area contributed by atoms with Crippen LogP contribution in [0.5, 0.6) is 0 Å². The van der Waals surface area contributed by atoms with E-state index in [1.807, 2.05) is 0 Å². The normalized spacial score (nSPS) is 11.1. The van der Waals surface area contributed by atoms with Gasteiger partial charge in [-0.2, -0.15) is 0 Å². The van der Waals surface area contributed by atoms with E-state index in [1.165, 1.54) is 38.5 Å². The zero-order valence-electron chi connectivity index (χ0n) is 24.5. The zero-order valence-corrected chi connectivity index (χ0v) is 24.5. The van der Waals surface area contributed by atoms with E-state index in [1.54, 1.807) is 0 Å². The van der Waals surface area contributed by atoms with Gasteiger partial charge in [-0.3, -0.25) is 0 Å². The van der Waals surface area contributed by atoms with Gasteiger partial charge >= 0.3 is 0 Å². The highest BCUT2D eigenvalue weighted by atomic mass is 16.6. The maximum Gasteiger partial charge on any atom is 0.0701 e. The van der Waals surface area contributed by atoms with Crippen molar-refractivity contribution in [1.29, 1.82) is 0 Å². The van der Waals surface area contributed by atoms with Gasteiger partial charge in [0.25, 0.3) is 0 Å². The summed E-state index contributed by atoms with van der Waals surface area (Å²) in [5, 5.41) is 16.7. The van der Waals surface area contributed by atoms with E-state index in [2.05, 4.69) is 13.8 Å². The Bertz CT molecular complexity index is 346. The minimum Gasteiger partial charge on any atom is -0.394 e. The predicted molar refractivity (Wildman–Crippen MR) is 149 cm³/mol. The Morgan fingerprint density at radius 1 is 0.289 bits per heavy atom. The van der Waals surface area contributed by atoms with Gasteiger partial charge in [0, 0.05) is 13.2 Å². The van der Waals surface area contributed by atoms with Gasteiger partial charge < -0.3 is 48.1 Å². The molecule has 0 saturated carbocycles. The first kappa shape index (κ1) is 39.7. The second-order valence-electron chi connectivity index (χ2n) is 8.47. The molecule has 2 N–H and O–H groups in total. The fourth-order valence-electron chi connectivity index (χ4n) is 2.91. The summed E-state index contributed by atoms with van der Waals surface area (Å²) in [4.78, 5) is 0. The fraction of sp³-hybridized carbons (Fsp3) is 1.00. The van der Waals surface area contributed by atoms with Gasteiger partial charge in [0.1, 0.15) is 0 Å². The number of rotatable bonds is 32. The molecule has 0 aromatic heterocycles. The third-order valence-corrected chi connectivity index (χ3v) is 4.99. The van der Waals surface area contributed by atoms with E-state index in [-0.39, 0.29) is 13.2 Å². The van der Waals surface area contributed by atoms with Crippen LogP contribution in [-0.4, -0.2) is 129 Å². The van der Waals surface area contributed by atoms with Crippen molar-refractivity contribution in [3.63, 3.8) is 0 Å². The summed E-state index contributed by atoms with van der Waals surface area (Å²) in [6, 6.07) is 0. The van der Waals surface area contributed by atoms with Crippen LogP contribution in [0.15, 0.2) is 0 Å². The second kappa shape index (κ2) is 41.1. The molecule has 0 bridgehead atoms. The van der Waals surface area contributed by atoms with Crippen LogP contribution in [0.25, 0.3) is 0 Å². The maximum atomic E-state index is 8.36. The monoisotopic (exact) mass is 556 g/mol. The molecule has 0 atom stereocenters. The van der Waals surface area contributed by atoms with Crippen LogP contribution in [0.4, 0.5) is 0 Å². The van der Waals surface area contributed by atoms with E-state index >= 15 is 0 Å². The average molecular weight is 557 g/mol. The van der Waals surface area contributed by atoms with Crippen LogP contribution >= 0.6 is 0 Å². The first-order chi connectivity index (χ1) is 18.8. The standard InChI is InChI=1S/C20H42O5.C8H18O5/c1-3-5-7-9-11-21-13-15-23-17-19-25-20-18-24-16-14-22-12-10-8-6-4-2;9-1-3-11-5-7-13-8-6-12-4-2-10/h3-20H2,1-2H3;9-10H,1-8H2. The summed E-state index contributed by atoms with van der Waals surface area (Å²) >= 11 is 0. The molecular formula is C28H60O10. The quantitative estimate of drug-likeness (QED) is 0.120. The Morgan fingerprint density at radius 3 is 0.763 bits per heavy atom. The van der Waals surface area contributed by atoms with Gasteiger partial charge in [0.05, 0.1) is 106 Å². The van der Waals surface area contributed by atoms with Gasteiger partial charge in [-0.15, -0.1) is 0 Å². The second-order valence-corrected chi connectivity index (χ2v) is 8.47. The molecule has 38 heavy (non-hydrogen) atoms. The van der Waals surface area contributed by atoms with Crippen LogP contribution in [0.3, 0.4) is 0 Å². The predicted octanol–water partition coefficient (Wildman–Crippen LogP) is 3.25. The van der Waals surface area contributed by atoms with Gasteiger partial charge in [-0.25, -0.2) is 0 Å². The van der Waals surface area contributed by atoms with Crippen LogP contribution in [0, 0.1) is 0 Å². The van der Waals surface area contributed by atoms with Gasteiger partial charge in [0.2, 0.25) is 0 Å². The Labute approximate surface area is 232 Å². The third-order valence-electron chi connectivity index (χ3n) is 4.99. The minimum atomic E-state index is 0.0413. The van der Waals surface area contributed by atoms with Crippen molar-refractivity contribution in [2.45, 2.75) is 65.2 Å². The van der Waals surface area contributed by atoms with Gasteiger partial charge in [0.15, 0.2) is 0 Å². The van der Waals surface area contributed by atoms with Crippen LogP contribution in [0.1, 0.15) is 65.2 Å². The molecule has 0 aliphatic carbocycles. The van der Waals surface area contributed by atoms with Crippen molar-refractivity contribution in [3.8, 4) is 0 Å². The summed E-state index contributed by atoms with van der Waals surface area (Å²) in [7, 11) is 0. The Kier molecular flexibility index (Phi) is 43.0. The number of ether oxygens (including phenoxy) is 8. The summed E-state index contributed by atoms with van der Waals surface area (Å²) in [6.07, 6.45) is 9.96. The Morgan fingerprint density at radius 2 is 0.526 bits per heavy atom. The molecule has 0 aromatic rings. The molecule has 0 radical (unpaired) electrons. The lowest BCUT2D eigenvalue weighted by atomic mass is 10.2. The SMILES string of the molecule is CCCCCCOCCOCCOCCOCCOCCCCCC.OCCOCCOCCOCCO. The van der Waals surface area contributed by atoms with Crippen molar-refractivity contribution >= 4 is 0 Å². The molecule has 0 saturated heterocycles. The first-order valence-electron chi connectivity index (χ1n) is 14.7. The molecule has 0 spiro atoms. The van der Waals surface area contributed by atoms with E-state index in [4.69, 9.17) is 48.1 Å². The Hall–Kier alpha value is -0.400. The molecule has 10 nitrogen and oxygen atoms in total. The van der Waals surface area contributed by atoms with Crippen LogP contribution < -0.4 is 0 Å². The summed E-state index contributed by atoms with van der Waals surface area (Å²) in [5.74, 6) is 0. The number of aliphatic hydroxyl groups is 2. The van der Waals surface area contributed by atoms with E-state index in [0.29, 0.717) is 92.5 Å². The molecule has 232 valence electrons. The molecule has 0 aromatic carbocycles. The summed E-state index contributed by atoms with van der Waals surface area (Å²) in [6.45, 7) is 14.0. The zero-order chi connectivity index (χ0) is 28.0. The maximum absolute atomic E-state index is 8.36. The molecule has 0 fully saturated rings. The smallest absolute Gasteiger partial charge is 0.0701 e. The fourth-order valence-corrected chi connectivity index (χ4v) is 2.91.